The van der Waals surface area contributed by atoms with Gasteiger partial charge in [-0.25, -0.2) is 9.97 Å². The number of hydrogen-bond donors (Lipinski definition) is 0. The lowest BCUT2D eigenvalue weighted by atomic mass is 10.2. The first kappa shape index (κ1) is 10.7. The Kier molecular flexibility index (Phi) is 2.69. The highest BCUT2D eigenvalue weighted by Crippen LogP contribution is 2.33. The lowest BCUT2D eigenvalue weighted by Gasteiger charge is -2.04. The van der Waals surface area contributed by atoms with E-state index in [1.165, 1.54) is 25.6 Å². The first-order valence-electron chi connectivity index (χ1n) is 4.26. The van der Waals surface area contributed by atoms with E-state index in [9.17, 15) is 10.1 Å². The summed E-state index contributed by atoms with van der Waals surface area (Å²) in [5.74, 6) is 0.183. The zero-order valence-corrected chi connectivity index (χ0v) is 9.76. The van der Waals surface area contributed by atoms with Gasteiger partial charge in [-0.1, -0.05) is 0 Å². The zero-order valence-electron chi connectivity index (χ0n) is 8.18. The van der Waals surface area contributed by atoms with Crippen molar-refractivity contribution in [2.45, 2.75) is 0 Å². The number of ether oxygens (including phenoxy) is 1. The van der Waals surface area contributed by atoms with E-state index in [1.54, 1.807) is 0 Å². The third-order valence-corrected chi connectivity index (χ3v) is 2.72. The molecular weight excluding hydrogens is 278 g/mol. The van der Waals surface area contributed by atoms with Crippen molar-refractivity contribution in [3.8, 4) is 5.75 Å². The van der Waals surface area contributed by atoms with Gasteiger partial charge in [-0.15, -0.1) is 0 Å². The molecule has 0 atom stereocenters. The number of halogens is 1. The predicted octanol–water partition coefficient (Wildman–Crippen LogP) is 2.31. The average Bonchev–Trinajstić information content (AvgIpc) is 2.27. The Morgan fingerprint density at radius 2 is 2.19 bits per heavy atom. The first-order chi connectivity index (χ1) is 7.63. The lowest BCUT2D eigenvalue weighted by molar-refractivity contribution is -0.385. The van der Waals surface area contributed by atoms with Crippen LogP contribution in [0.3, 0.4) is 0 Å². The minimum Gasteiger partial charge on any atom is -0.490 e. The van der Waals surface area contributed by atoms with Crippen molar-refractivity contribution >= 4 is 32.5 Å². The molecule has 0 aliphatic rings. The van der Waals surface area contributed by atoms with Crippen LogP contribution in [0.15, 0.2) is 23.1 Å². The highest BCUT2D eigenvalue weighted by atomic mass is 79.9. The maximum Gasteiger partial charge on any atom is 0.311 e. The highest BCUT2D eigenvalue weighted by molar-refractivity contribution is 9.10. The Labute approximate surface area is 98.6 Å². The van der Waals surface area contributed by atoms with Crippen LogP contribution in [0.5, 0.6) is 5.75 Å². The monoisotopic (exact) mass is 283 g/mol. The minimum atomic E-state index is -0.502. The number of nitrogens with zero attached hydrogens (tertiary/aromatic N) is 3. The second kappa shape index (κ2) is 4.01. The number of benzene rings is 1. The van der Waals surface area contributed by atoms with E-state index in [1.807, 2.05) is 0 Å². The lowest BCUT2D eigenvalue weighted by Crippen LogP contribution is -1.95. The number of nitro benzene ring substituents is 1. The van der Waals surface area contributed by atoms with Gasteiger partial charge in [-0.3, -0.25) is 10.1 Å². The summed E-state index contributed by atoms with van der Waals surface area (Å²) in [6, 6.07) is 2.90. The minimum absolute atomic E-state index is 0.106. The van der Waals surface area contributed by atoms with Gasteiger partial charge in [0.25, 0.3) is 0 Å². The summed E-state index contributed by atoms with van der Waals surface area (Å²) in [7, 11) is 1.38. The van der Waals surface area contributed by atoms with Crippen LogP contribution in [0.4, 0.5) is 5.69 Å². The van der Waals surface area contributed by atoms with Gasteiger partial charge in [-0.2, -0.15) is 0 Å². The third kappa shape index (κ3) is 1.69. The van der Waals surface area contributed by atoms with E-state index in [4.69, 9.17) is 4.74 Å². The molecule has 0 saturated heterocycles. The molecule has 0 fully saturated rings. The second-order valence-electron chi connectivity index (χ2n) is 2.96. The molecule has 2 rings (SSSR count). The van der Waals surface area contributed by atoms with E-state index in [0.29, 0.717) is 15.5 Å². The fraction of sp³-hybridized carbons (Fsp3) is 0.111. The van der Waals surface area contributed by atoms with E-state index in [2.05, 4.69) is 25.9 Å². The van der Waals surface area contributed by atoms with Crippen LogP contribution in [-0.2, 0) is 0 Å². The summed E-state index contributed by atoms with van der Waals surface area (Å²) >= 11 is 3.21. The van der Waals surface area contributed by atoms with Gasteiger partial charge in [-0.05, 0) is 15.9 Å². The first-order valence-corrected chi connectivity index (χ1v) is 5.05. The molecule has 0 N–H and O–H groups in total. The van der Waals surface area contributed by atoms with Crippen molar-refractivity contribution < 1.29 is 9.66 Å². The molecule has 0 amide bonds. The normalized spacial score (nSPS) is 10.4. The summed E-state index contributed by atoms with van der Waals surface area (Å²) < 4.78 is 5.45. The van der Waals surface area contributed by atoms with Crippen molar-refractivity contribution in [1.82, 2.24) is 9.97 Å². The topological polar surface area (TPSA) is 78.2 Å². The molecule has 1 aromatic heterocycles. The third-order valence-electron chi connectivity index (χ3n) is 2.08. The molecule has 6 nitrogen and oxygen atoms in total. The quantitative estimate of drug-likeness (QED) is 0.480. The van der Waals surface area contributed by atoms with Crippen LogP contribution >= 0.6 is 15.9 Å². The van der Waals surface area contributed by atoms with Crippen LogP contribution in [-0.4, -0.2) is 22.0 Å². The molecule has 0 radical (unpaired) electrons. The van der Waals surface area contributed by atoms with Crippen LogP contribution in [0.2, 0.25) is 0 Å². The Morgan fingerprint density at radius 1 is 1.44 bits per heavy atom. The van der Waals surface area contributed by atoms with Crippen LogP contribution in [0.25, 0.3) is 10.9 Å². The summed E-state index contributed by atoms with van der Waals surface area (Å²) in [4.78, 5) is 18.2. The van der Waals surface area contributed by atoms with Crippen molar-refractivity contribution in [2.24, 2.45) is 0 Å². The molecule has 0 saturated carbocycles. The number of aromatic nitrogens is 2. The molecular formula is C9H6BrN3O3. The summed E-state index contributed by atoms with van der Waals surface area (Å²) in [6.45, 7) is 0. The second-order valence-corrected chi connectivity index (χ2v) is 3.71. The smallest absolute Gasteiger partial charge is 0.311 e. The van der Waals surface area contributed by atoms with Gasteiger partial charge in [0, 0.05) is 17.5 Å². The fourth-order valence-electron chi connectivity index (χ4n) is 1.35. The van der Waals surface area contributed by atoms with Gasteiger partial charge in [0.2, 0.25) is 0 Å². The van der Waals surface area contributed by atoms with Gasteiger partial charge in [0.1, 0.15) is 10.9 Å². The van der Waals surface area contributed by atoms with Gasteiger partial charge in [0.15, 0.2) is 5.75 Å². The number of methoxy groups -OCH3 is 1. The van der Waals surface area contributed by atoms with E-state index in [0.717, 1.165) is 0 Å². The van der Waals surface area contributed by atoms with Crippen molar-refractivity contribution in [1.29, 1.82) is 0 Å². The molecule has 0 aliphatic heterocycles. The molecule has 2 aromatic rings. The van der Waals surface area contributed by atoms with Crippen LogP contribution in [0, 0.1) is 10.1 Å². The molecule has 1 aromatic carbocycles. The van der Waals surface area contributed by atoms with Gasteiger partial charge in [0.05, 0.1) is 17.5 Å². The van der Waals surface area contributed by atoms with Gasteiger partial charge >= 0.3 is 5.69 Å². The van der Waals surface area contributed by atoms with Crippen molar-refractivity contribution in [3.05, 3.63) is 33.2 Å². The van der Waals surface area contributed by atoms with E-state index >= 15 is 0 Å². The van der Waals surface area contributed by atoms with Crippen molar-refractivity contribution in [2.75, 3.05) is 7.11 Å². The SMILES string of the molecule is COc1cc2ncnc(Br)c2cc1[N+](=O)[O-]. The Hall–Kier alpha value is -1.76. The Balaban J connectivity index is 2.81. The Morgan fingerprint density at radius 3 is 2.81 bits per heavy atom. The highest BCUT2D eigenvalue weighted by Gasteiger charge is 2.17. The maximum absolute atomic E-state index is 10.8. The summed E-state index contributed by atoms with van der Waals surface area (Å²) in [5, 5.41) is 11.4. The maximum atomic E-state index is 10.8. The molecule has 7 heteroatoms. The number of rotatable bonds is 2. The summed E-state index contributed by atoms with van der Waals surface area (Å²) in [5.41, 5.74) is 0.481. The largest absolute Gasteiger partial charge is 0.490 e. The van der Waals surface area contributed by atoms with Gasteiger partial charge < -0.3 is 4.74 Å². The molecule has 0 bridgehead atoms. The molecule has 1 heterocycles. The molecule has 0 aliphatic carbocycles. The predicted molar refractivity (Wildman–Crippen MR) is 60.4 cm³/mol. The van der Waals surface area contributed by atoms with Crippen molar-refractivity contribution in [3.63, 3.8) is 0 Å². The van der Waals surface area contributed by atoms with E-state index in [-0.39, 0.29) is 11.4 Å². The average molecular weight is 284 g/mol. The molecule has 82 valence electrons. The molecule has 0 spiro atoms. The number of fused-ring (bicyclic) bond motifs is 1. The number of hydrogen-bond acceptors (Lipinski definition) is 5. The summed E-state index contributed by atoms with van der Waals surface area (Å²) in [6.07, 6.45) is 1.37. The molecule has 16 heavy (non-hydrogen) atoms. The standard InChI is InChI=1S/C9H6BrN3O3/c1-16-8-3-6-5(2-7(8)13(14)15)9(10)12-4-11-6/h2-4H,1H3. The molecule has 0 unspecified atom stereocenters. The Bertz CT molecular complexity index is 573. The number of nitro groups is 1. The van der Waals surface area contributed by atoms with Crippen LogP contribution < -0.4 is 4.74 Å². The zero-order chi connectivity index (χ0) is 11.7. The van der Waals surface area contributed by atoms with E-state index < -0.39 is 4.92 Å². The fourth-order valence-corrected chi connectivity index (χ4v) is 1.76. The van der Waals surface area contributed by atoms with Crippen LogP contribution in [0.1, 0.15) is 0 Å².